The van der Waals surface area contributed by atoms with Crippen molar-refractivity contribution in [2.45, 2.75) is 56.5 Å². The Morgan fingerprint density at radius 3 is 2.21 bits per heavy atom. The Bertz CT molecular complexity index is 1050. The van der Waals surface area contributed by atoms with Crippen molar-refractivity contribution in [3.05, 3.63) is 59.7 Å². The van der Waals surface area contributed by atoms with E-state index in [1.807, 2.05) is 24.3 Å². The molecule has 178 valence electrons. The molecule has 2 aromatic carbocycles. The zero-order valence-corrected chi connectivity index (χ0v) is 19.0. The first-order valence-corrected chi connectivity index (χ1v) is 12.1. The number of carboxylic acid groups (broad SMARTS) is 1. The third-order valence-electron chi connectivity index (χ3n) is 7.60. The lowest BCUT2D eigenvalue weighted by Gasteiger charge is -2.35. The van der Waals surface area contributed by atoms with Crippen molar-refractivity contribution in [2.75, 3.05) is 6.61 Å². The van der Waals surface area contributed by atoms with Gasteiger partial charge in [0.1, 0.15) is 6.61 Å². The molecule has 0 saturated heterocycles. The monoisotopic (exact) mass is 462 g/mol. The second kappa shape index (κ2) is 9.49. The molecule has 0 unspecified atom stereocenters. The van der Waals surface area contributed by atoms with E-state index < -0.39 is 12.1 Å². The van der Waals surface area contributed by atoms with Crippen LogP contribution in [0.2, 0.25) is 0 Å². The average Bonchev–Trinajstić information content (AvgIpc) is 3.36. The molecule has 0 bridgehead atoms. The summed E-state index contributed by atoms with van der Waals surface area (Å²) < 4.78 is 5.59. The lowest BCUT2D eigenvalue weighted by Crippen LogP contribution is -2.51. The zero-order valence-electron chi connectivity index (χ0n) is 19.0. The lowest BCUT2D eigenvalue weighted by molar-refractivity contribution is -0.139. The highest BCUT2D eigenvalue weighted by molar-refractivity contribution is 5.81. The van der Waals surface area contributed by atoms with Gasteiger partial charge in [0.05, 0.1) is 6.42 Å². The summed E-state index contributed by atoms with van der Waals surface area (Å²) in [5.41, 5.74) is 4.72. The smallest absolute Gasteiger partial charge is 0.407 e. The van der Waals surface area contributed by atoms with E-state index in [2.05, 4.69) is 34.9 Å². The van der Waals surface area contributed by atoms with Gasteiger partial charge in [-0.25, -0.2) is 4.79 Å². The Hall–Kier alpha value is -3.35. The van der Waals surface area contributed by atoms with Crippen LogP contribution in [0.3, 0.4) is 0 Å². The van der Waals surface area contributed by atoms with Gasteiger partial charge in [-0.2, -0.15) is 0 Å². The molecule has 3 N–H and O–H groups in total. The topological polar surface area (TPSA) is 105 Å². The Morgan fingerprint density at radius 1 is 0.912 bits per heavy atom. The molecule has 0 aliphatic heterocycles. The minimum Gasteiger partial charge on any atom is -0.481 e. The van der Waals surface area contributed by atoms with E-state index >= 15 is 0 Å². The largest absolute Gasteiger partial charge is 0.481 e. The van der Waals surface area contributed by atoms with Gasteiger partial charge in [-0.3, -0.25) is 9.59 Å². The molecule has 5 rings (SSSR count). The van der Waals surface area contributed by atoms with Gasteiger partial charge in [-0.15, -0.1) is 0 Å². The second-order valence-electron chi connectivity index (χ2n) is 9.74. The zero-order chi connectivity index (χ0) is 23.7. The minimum absolute atomic E-state index is 0.0104. The number of aliphatic carboxylic acids is 1. The Balaban J connectivity index is 1.08. The first kappa shape index (κ1) is 22.4. The molecule has 7 nitrogen and oxygen atoms in total. The van der Waals surface area contributed by atoms with E-state index in [1.165, 1.54) is 22.3 Å². The van der Waals surface area contributed by atoms with Crippen molar-refractivity contribution in [3.63, 3.8) is 0 Å². The molecule has 2 saturated carbocycles. The Kier molecular flexibility index (Phi) is 6.26. The van der Waals surface area contributed by atoms with Gasteiger partial charge >= 0.3 is 12.1 Å². The predicted octanol–water partition coefficient (Wildman–Crippen LogP) is 4.06. The van der Waals surface area contributed by atoms with Crippen LogP contribution in [-0.4, -0.2) is 41.8 Å². The van der Waals surface area contributed by atoms with Crippen LogP contribution in [-0.2, 0) is 14.3 Å². The van der Waals surface area contributed by atoms with E-state index in [4.69, 9.17) is 9.84 Å². The molecule has 3 aliphatic rings. The van der Waals surface area contributed by atoms with Gasteiger partial charge < -0.3 is 20.5 Å². The minimum atomic E-state index is -0.817. The van der Waals surface area contributed by atoms with Gasteiger partial charge in [0.25, 0.3) is 0 Å². The molecule has 2 amide bonds. The van der Waals surface area contributed by atoms with Crippen molar-refractivity contribution >= 4 is 18.0 Å². The highest BCUT2D eigenvalue weighted by atomic mass is 16.5. The van der Waals surface area contributed by atoms with Crippen molar-refractivity contribution in [1.82, 2.24) is 10.6 Å². The van der Waals surface area contributed by atoms with Gasteiger partial charge in [0.15, 0.2) is 0 Å². The molecule has 2 fully saturated rings. The average molecular weight is 463 g/mol. The number of carbonyl (C=O) groups is 3. The number of ether oxygens (including phenoxy) is 1. The number of amides is 2. The summed E-state index contributed by atoms with van der Waals surface area (Å²) in [6, 6.07) is 16.3. The number of nitrogens with one attached hydrogen (secondary N) is 2. The third kappa shape index (κ3) is 4.52. The Morgan fingerprint density at radius 2 is 1.56 bits per heavy atom. The molecule has 7 heteroatoms. The fourth-order valence-electron chi connectivity index (χ4n) is 5.75. The number of rotatable bonds is 7. The highest BCUT2D eigenvalue weighted by Crippen LogP contribution is 2.44. The van der Waals surface area contributed by atoms with Gasteiger partial charge in [0, 0.05) is 23.9 Å². The standard InChI is InChI=1S/C27H30N2O5/c30-25(31)14-16-6-5-11-24(16)29-26(32)17-12-18(13-17)28-27(33)34-15-23-21-9-3-1-7-19(21)20-8-2-4-10-22(20)23/h1-4,7-10,16-18,23-24H,5-6,11-15H2,(H,28,33)(H,29,32)(H,30,31)/t16-,17?,18?,24+/m0/s1. The summed E-state index contributed by atoms with van der Waals surface area (Å²) in [5.74, 6) is -0.973. The fourth-order valence-corrected chi connectivity index (χ4v) is 5.75. The molecule has 0 radical (unpaired) electrons. The molecule has 3 aliphatic carbocycles. The molecule has 34 heavy (non-hydrogen) atoms. The number of benzene rings is 2. The van der Waals surface area contributed by atoms with Crippen LogP contribution >= 0.6 is 0 Å². The first-order valence-electron chi connectivity index (χ1n) is 12.1. The number of carbonyl (C=O) groups excluding carboxylic acids is 2. The molecule has 2 atom stereocenters. The number of hydrogen-bond donors (Lipinski definition) is 3. The fraction of sp³-hybridized carbons (Fsp3) is 0.444. The maximum atomic E-state index is 12.6. The van der Waals surface area contributed by atoms with E-state index in [0.717, 1.165) is 19.3 Å². The predicted molar refractivity (Wildman–Crippen MR) is 126 cm³/mol. The summed E-state index contributed by atoms with van der Waals surface area (Å²) in [6.07, 6.45) is 3.41. The normalized spacial score (nSPS) is 25.1. The van der Waals surface area contributed by atoms with Crippen molar-refractivity contribution in [2.24, 2.45) is 11.8 Å². The van der Waals surface area contributed by atoms with Crippen molar-refractivity contribution in [1.29, 1.82) is 0 Å². The quantitative estimate of drug-likeness (QED) is 0.576. The first-order chi connectivity index (χ1) is 16.5. The molecule has 0 spiro atoms. The summed E-state index contributed by atoms with van der Waals surface area (Å²) in [6.45, 7) is 0.267. The Labute approximate surface area is 198 Å². The molecule has 0 heterocycles. The van der Waals surface area contributed by atoms with Crippen LogP contribution in [0, 0.1) is 11.8 Å². The summed E-state index contributed by atoms with van der Waals surface area (Å²) in [5, 5.41) is 15.0. The summed E-state index contributed by atoms with van der Waals surface area (Å²) in [7, 11) is 0. The van der Waals surface area contributed by atoms with Gasteiger partial charge in [-0.05, 0) is 53.9 Å². The van der Waals surface area contributed by atoms with Crippen LogP contribution in [0.5, 0.6) is 0 Å². The number of fused-ring (bicyclic) bond motifs is 3. The summed E-state index contributed by atoms with van der Waals surface area (Å²) in [4.78, 5) is 36.0. The molecule has 0 aromatic heterocycles. The SMILES string of the molecule is O=C(O)C[C@@H]1CCC[C@H]1NC(=O)C1CC(NC(=O)OCC2c3ccccc3-c3ccccc32)C1. The van der Waals surface area contributed by atoms with E-state index in [-0.39, 0.29) is 48.8 Å². The maximum absolute atomic E-state index is 12.6. The summed E-state index contributed by atoms with van der Waals surface area (Å²) >= 11 is 0. The van der Waals surface area contributed by atoms with Crippen LogP contribution in [0.4, 0.5) is 4.79 Å². The molecular formula is C27H30N2O5. The number of hydrogen-bond acceptors (Lipinski definition) is 4. The van der Waals surface area contributed by atoms with Crippen molar-refractivity contribution in [3.8, 4) is 11.1 Å². The van der Waals surface area contributed by atoms with E-state index in [9.17, 15) is 14.4 Å². The van der Waals surface area contributed by atoms with Crippen LogP contribution in [0.25, 0.3) is 11.1 Å². The number of carboxylic acids is 1. The maximum Gasteiger partial charge on any atom is 0.407 e. The van der Waals surface area contributed by atoms with E-state index in [0.29, 0.717) is 12.8 Å². The number of alkyl carbamates (subject to hydrolysis) is 1. The van der Waals surface area contributed by atoms with Gasteiger partial charge in [-0.1, -0.05) is 55.0 Å². The van der Waals surface area contributed by atoms with Crippen LogP contribution < -0.4 is 10.6 Å². The van der Waals surface area contributed by atoms with Crippen LogP contribution in [0.1, 0.15) is 55.6 Å². The highest BCUT2D eigenvalue weighted by Gasteiger charge is 2.38. The molecule has 2 aromatic rings. The van der Waals surface area contributed by atoms with E-state index in [1.54, 1.807) is 0 Å². The third-order valence-corrected chi connectivity index (χ3v) is 7.60. The van der Waals surface area contributed by atoms with Crippen molar-refractivity contribution < 1.29 is 24.2 Å². The second-order valence-corrected chi connectivity index (χ2v) is 9.74. The van der Waals surface area contributed by atoms with Gasteiger partial charge in [0.2, 0.25) is 5.91 Å². The lowest BCUT2D eigenvalue weighted by atomic mass is 9.79. The molecular weight excluding hydrogens is 432 g/mol. The van der Waals surface area contributed by atoms with Crippen LogP contribution in [0.15, 0.2) is 48.5 Å².